The van der Waals surface area contributed by atoms with Crippen LogP contribution in [-0.4, -0.2) is 42.7 Å². The van der Waals surface area contributed by atoms with E-state index in [9.17, 15) is 0 Å². The number of rotatable bonds is 1. The topological polar surface area (TPSA) is 37.4 Å². The van der Waals surface area contributed by atoms with E-state index in [1.165, 1.54) is 16.6 Å². The Morgan fingerprint density at radius 1 is 1.06 bits per heavy atom. The first-order chi connectivity index (χ1) is 8.65. The zero-order chi connectivity index (χ0) is 12.7. The maximum Gasteiger partial charge on any atom is 0.0626 e. The number of hydrogen-bond donors (Lipinski definition) is 1. The van der Waals surface area contributed by atoms with Crippen LogP contribution in [0.2, 0.25) is 0 Å². The summed E-state index contributed by atoms with van der Waals surface area (Å²) in [7, 11) is 4.27. The minimum Gasteiger partial charge on any atom is -0.399 e. The maximum absolute atomic E-state index is 5.87. The summed E-state index contributed by atoms with van der Waals surface area (Å²) in [4.78, 5) is 4.85. The predicted octanol–water partition coefficient (Wildman–Crippen LogP) is 1.51. The van der Waals surface area contributed by atoms with Crippen molar-refractivity contribution in [3.63, 3.8) is 0 Å². The van der Waals surface area contributed by atoms with Gasteiger partial charge < -0.3 is 20.1 Å². The molecule has 0 amide bonds. The summed E-state index contributed by atoms with van der Waals surface area (Å²) in [6.45, 7) is 4.46. The van der Waals surface area contributed by atoms with Crippen molar-refractivity contribution in [3.8, 4) is 0 Å². The molecule has 4 heteroatoms. The van der Waals surface area contributed by atoms with Gasteiger partial charge in [-0.05, 0) is 25.2 Å². The number of aryl methyl sites for hydroxylation is 1. The van der Waals surface area contributed by atoms with Crippen LogP contribution in [0, 0.1) is 0 Å². The number of nitrogen functional groups attached to an aromatic ring is 1. The van der Waals surface area contributed by atoms with Crippen molar-refractivity contribution < 1.29 is 0 Å². The molecular formula is C14H20N4. The zero-order valence-electron chi connectivity index (χ0n) is 11.1. The molecule has 0 saturated carbocycles. The van der Waals surface area contributed by atoms with Crippen molar-refractivity contribution in [3.05, 3.63) is 24.4 Å². The predicted molar refractivity (Wildman–Crippen MR) is 77.0 cm³/mol. The van der Waals surface area contributed by atoms with E-state index in [4.69, 9.17) is 5.73 Å². The Hall–Kier alpha value is -1.68. The summed E-state index contributed by atoms with van der Waals surface area (Å²) in [5.74, 6) is 0. The molecule has 0 atom stereocenters. The molecule has 18 heavy (non-hydrogen) atoms. The third kappa shape index (κ3) is 1.82. The van der Waals surface area contributed by atoms with Crippen LogP contribution in [0.5, 0.6) is 0 Å². The van der Waals surface area contributed by atoms with Gasteiger partial charge >= 0.3 is 0 Å². The highest BCUT2D eigenvalue weighted by atomic mass is 15.3. The third-order valence-corrected chi connectivity index (χ3v) is 3.84. The Morgan fingerprint density at radius 2 is 1.78 bits per heavy atom. The molecule has 3 rings (SSSR count). The highest BCUT2D eigenvalue weighted by molar-refractivity contribution is 5.95. The van der Waals surface area contributed by atoms with Crippen molar-refractivity contribution in [2.45, 2.75) is 0 Å². The number of piperazine rings is 1. The van der Waals surface area contributed by atoms with Crippen molar-refractivity contribution in [1.29, 1.82) is 0 Å². The van der Waals surface area contributed by atoms with Gasteiger partial charge in [-0.1, -0.05) is 0 Å². The summed E-state index contributed by atoms with van der Waals surface area (Å²) in [5.41, 5.74) is 9.24. The number of anilines is 2. The van der Waals surface area contributed by atoms with Crippen LogP contribution in [0.15, 0.2) is 24.4 Å². The number of aromatic nitrogens is 1. The number of likely N-dealkylation sites (N-methyl/N-ethyl adjacent to an activating group) is 1. The molecule has 0 bridgehead atoms. The summed E-state index contributed by atoms with van der Waals surface area (Å²) in [5, 5.41) is 1.30. The summed E-state index contributed by atoms with van der Waals surface area (Å²) in [6.07, 6.45) is 2.22. The van der Waals surface area contributed by atoms with Gasteiger partial charge in [-0.15, -0.1) is 0 Å². The van der Waals surface area contributed by atoms with Crippen molar-refractivity contribution in [2.75, 3.05) is 43.9 Å². The molecule has 0 spiro atoms. The molecule has 1 aliphatic rings. The SMILES string of the molecule is CN1CCN(c2cn(C)c3cc(N)ccc23)CC1. The first-order valence-corrected chi connectivity index (χ1v) is 6.43. The average Bonchev–Trinajstić information content (AvgIpc) is 2.68. The second-order valence-corrected chi connectivity index (χ2v) is 5.19. The van der Waals surface area contributed by atoms with E-state index < -0.39 is 0 Å². The lowest BCUT2D eigenvalue weighted by atomic mass is 10.2. The van der Waals surface area contributed by atoms with E-state index in [-0.39, 0.29) is 0 Å². The van der Waals surface area contributed by atoms with Crippen LogP contribution < -0.4 is 10.6 Å². The maximum atomic E-state index is 5.87. The van der Waals surface area contributed by atoms with Gasteiger partial charge in [0, 0.05) is 50.5 Å². The lowest BCUT2D eigenvalue weighted by molar-refractivity contribution is 0.313. The van der Waals surface area contributed by atoms with Gasteiger partial charge in [0.05, 0.1) is 11.2 Å². The van der Waals surface area contributed by atoms with Crippen LogP contribution in [0.3, 0.4) is 0 Å². The van der Waals surface area contributed by atoms with E-state index >= 15 is 0 Å². The summed E-state index contributed by atoms with van der Waals surface area (Å²) < 4.78 is 2.17. The molecule has 1 fully saturated rings. The second kappa shape index (κ2) is 4.21. The number of nitrogens with zero attached hydrogens (tertiary/aromatic N) is 3. The minimum absolute atomic E-state index is 0.827. The molecule has 1 aromatic heterocycles. The Kier molecular flexibility index (Phi) is 2.67. The Bertz CT molecular complexity index is 564. The summed E-state index contributed by atoms with van der Waals surface area (Å²) >= 11 is 0. The fourth-order valence-corrected chi connectivity index (χ4v) is 2.68. The van der Waals surface area contributed by atoms with Crippen LogP contribution in [-0.2, 0) is 7.05 Å². The van der Waals surface area contributed by atoms with Crippen LogP contribution >= 0.6 is 0 Å². The Morgan fingerprint density at radius 3 is 2.50 bits per heavy atom. The molecule has 0 unspecified atom stereocenters. The van der Waals surface area contributed by atoms with Gasteiger partial charge in [0.2, 0.25) is 0 Å². The monoisotopic (exact) mass is 244 g/mol. The Labute approximate surface area is 108 Å². The van der Waals surface area contributed by atoms with Gasteiger partial charge in [0.15, 0.2) is 0 Å². The van der Waals surface area contributed by atoms with Crippen LogP contribution in [0.4, 0.5) is 11.4 Å². The second-order valence-electron chi connectivity index (χ2n) is 5.19. The smallest absolute Gasteiger partial charge is 0.0626 e. The number of benzene rings is 1. The average molecular weight is 244 g/mol. The lowest BCUT2D eigenvalue weighted by Crippen LogP contribution is -2.44. The minimum atomic E-state index is 0.827. The molecule has 0 radical (unpaired) electrons. The van der Waals surface area contributed by atoms with E-state index in [1.807, 2.05) is 6.07 Å². The van der Waals surface area contributed by atoms with Gasteiger partial charge in [-0.3, -0.25) is 0 Å². The Balaban J connectivity index is 2.02. The molecule has 2 heterocycles. The fourth-order valence-electron chi connectivity index (χ4n) is 2.68. The standard InChI is InChI=1S/C14H20N4/c1-16-5-7-18(8-6-16)14-10-17(2)13-9-11(15)3-4-12(13)14/h3-4,9-10H,5-8,15H2,1-2H3. The first-order valence-electron chi connectivity index (χ1n) is 6.43. The highest BCUT2D eigenvalue weighted by Gasteiger charge is 2.18. The number of fused-ring (bicyclic) bond motifs is 1. The van der Waals surface area contributed by atoms with E-state index in [1.54, 1.807) is 0 Å². The van der Waals surface area contributed by atoms with Gasteiger partial charge in [0.25, 0.3) is 0 Å². The van der Waals surface area contributed by atoms with Crippen LogP contribution in [0.25, 0.3) is 10.9 Å². The summed E-state index contributed by atoms with van der Waals surface area (Å²) in [6, 6.07) is 6.18. The van der Waals surface area contributed by atoms with Gasteiger partial charge in [0.1, 0.15) is 0 Å². The lowest BCUT2D eigenvalue weighted by Gasteiger charge is -2.33. The molecule has 4 nitrogen and oxygen atoms in total. The van der Waals surface area contributed by atoms with Gasteiger partial charge in [-0.25, -0.2) is 0 Å². The molecule has 2 N–H and O–H groups in total. The van der Waals surface area contributed by atoms with Crippen molar-refractivity contribution in [2.24, 2.45) is 7.05 Å². The van der Waals surface area contributed by atoms with E-state index in [0.29, 0.717) is 0 Å². The highest BCUT2D eigenvalue weighted by Crippen LogP contribution is 2.30. The van der Waals surface area contributed by atoms with Gasteiger partial charge in [-0.2, -0.15) is 0 Å². The molecule has 1 aromatic carbocycles. The zero-order valence-corrected chi connectivity index (χ0v) is 11.1. The molecular weight excluding hydrogens is 224 g/mol. The molecule has 1 aliphatic heterocycles. The molecule has 0 aliphatic carbocycles. The molecule has 96 valence electrons. The first kappa shape index (κ1) is 11.4. The molecule has 1 saturated heterocycles. The van der Waals surface area contributed by atoms with E-state index in [2.05, 4.69) is 46.8 Å². The van der Waals surface area contributed by atoms with E-state index in [0.717, 1.165) is 31.9 Å². The quantitative estimate of drug-likeness (QED) is 0.773. The van der Waals surface area contributed by atoms with Crippen molar-refractivity contribution >= 4 is 22.3 Å². The molecule has 2 aromatic rings. The number of hydrogen-bond acceptors (Lipinski definition) is 3. The number of nitrogens with two attached hydrogens (primary N) is 1. The van der Waals surface area contributed by atoms with Crippen LogP contribution in [0.1, 0.15) is 0 Å². The largest absolute Gasteiger partial charge is 0.399 e. The third-order valence-electron chi connectivity index (χ3n) is 3.84. The van der Waals surface area contributed by atoms with Crippen molar-refractivity contribution in [1.82, 2.24) is 9.47 Å². The fraction of sp³-hybridized carbons (Fsp3) is 0.429. The normalized spacial score (nSPS) is 17.6.